The summed E-state index contributed by atoms with van der Waals surface area (Å²) < 4.78 is 17.0. The molecule has 0 aromatic heterocycles. The highest BCUT2D eigenvalue weighted by Crippen LogP contribution is 2.18. The number of esters is 3. The topological polar surface area (TPSA) is 78.9 Å². The number of carbonyl (C=O) groups excluding carboxylic acids is 3. The fourth-order valence-electron chi connectivity index (χ4n) is 8.63. The third-order valence-corrected chi connectivity index (χ3v) is 13.0. The molecule has 0 bridgehead atoms. The van der Waals surface area contributed by atoms with Crippen molar-refractivity contribution in [3.63, 3.8) is 0 Å². The Labute approximate surface area is 387 Å². The first-order chi connectivity index (χ1) is 30.4. The van der Waals surface area contributed by atoms with Gasteiger partial charge in [-0.25, -0.2) is 0 Å². The van der Waals surface area contributed by atoms with Gasteiger partial charge in [0.15, 0.2) is 6.10 Å². The zero-order valence-electron chi connectivity index (χ0n) is 42.3. The second-order valence-corrected chi connectivity index (χ2v) is 19.4. The van der Waals surface area contributed by atoms with Crippen molar-refractivity contribution in [1.29, 1.82) is 0 Å². The highest BCUT2D eigenvalue weighted by molar-refractivity contribution is 5.72. The molecule has 368 valence electrons. The van der Waals surface area contributed by atoms with Gasteiger partial charge in [0.25, 0.3) is 0 Å². The van der Waals surface area contributed by atoms with Crippen LogP contribution in [0.4, 0.5) is 0 Å². The third kappa shape index (κ3) is 46.4. The number of hydrogen-bond donors (Lipinski definition) is 0. The van der Waals surface area contributed by atoms with E-state index in [0.717, 1.165) is 57.8 Å². The highest BCUT2D eigenvalue weighted by atomic mass is 16.6. The van der Waals surface area contributed by atoms with Crippen molar-refractivity contribution in [3.8, 4) is 0 Å². The van der Waals surface area contributed by atoms with E-state index >= 15 is 0 Å². The average Bonchev–Trinajstić information content (AvgIpc) is 3.27. The molecule has 0 rings (SSSR count). The highest BCUT2D eigenvalue weighted by Gasteiger charge is 2.22. The Hall–Kier alpha value is -1.59. The summed E-state index contributed by atoms with van der Waals surface area (Å²) in [6.07, 6.45) is 54.6. The number of ether oxygens (including phenoxy) is 3. The zero-order valence-corrected chi connectivity index (χ0v) is 42.3. The van der Waals surface area contributed by atoms with E-state index in [1.807, 2.05) is 6.92 Å². The predicted octanol–water partition coefficient (Wildman–Crippen LogP) is 18.2. The monoisotopic (exact) mass is 877 g/mol. The molecule has 0 aliphatic carbocycles. The van der Waals surface area contributed by atoms with E-state index in [1.54, 1.807) is 0 Å². The molecule has 6 nitrogen and oxygen atoms in total. The summed E-state index contributed by atoms with van der Waals surface area (Å²) in [6.45, 7) is 8.61. The lowest BCUT2D eigenvalue weighted by Crippen LogP contribution is -2.31. The Bertz CT molecular complexity index is 935. The summed E-state index contributed by atoms with van der Waals surface area (Å²) in [5.74, 6) is -1.04. The molecule has 62 heavy (non-hydrogen) atoms. The van der Waals surface area contributed by atoms with E-state index < -0.39 is 6.10 Å². The van der Waals surface area contributed by atoms with Gasteiger partial charge in [-0.15, -0.1) is 0 Å². The van der Waals surface area contributed by atoms with Crippen LogP contribution in [0, 0.1) is 5.92 Å². The molecule has 2 unspecified atom stereocenters. The molecular formula is C56H108O6. The molecule has 0 fully saturated rings. The van der Waals surface area contributed by atoms with Gasteiger partial charge < -0.3 is 14.2 Å². The second-order valence-electron chi connectivity index (χ2n) is 19.4. The van der Waals surface area contributed by atoms with E-state index in [0.29, 0.717) is 12.8 Å². The summed E-state index contributed by atoms with van der Waals surface area (Å²) >= 11 is 0. The minimum absolute atomic E-state index is 0.0669. The van der Waals surface area contributed by atoms with Crippen LogP contribution in [0.5, 0.6) is 0 Å². The molecule has 6 heteroatoms. The van der Waals surface area contributed by atoms with E-state index in [9.17, 15) is 14.4 Å². The fraction of sp³-hybridized carbons (Fsp3) is 0.946. The van der Waals surface area contributed by atoms with Crippen molar-refractivity contribution in [1.82, 2.24) is 0 Å². The molecule has 2 atom stereocenters. The standard InChI is InChI=1S/C56H108O6/c1-5-8-11-14-17-20-23-26-28-30-33-36-39-42-45-48-54(57)60-50-53(51-61-56(59)52(4)47-44-41-38-35-32-25-22-19-16-13-10-7-3)62-55(58)49-46-43-40-37-34-31-29-27-24-21-18-15-12-9-6-2/h52-53H,5-51H2,1-4H3. The summed E-state index contributed by atoms with van der Waals surface area (Å²) in [4.78, 5) is 38.5. The summed E-state index contributed by atoms with van der Waals surface area (Å²) in [5.41, 5.74) is 0. The van der Waals surface area contributed by atoms with E-state index in [4.69, 9.17) is 14.2 Å². The molecule has 0 aromatic rings. The van der Waals surface area contributed by atoms with Crippen molar-refractivity contribution in [2.45, 2.75) is 323 Å². The molecular weight excluding hydrogens is 769 g/mol. The van der Waals surface area contributed by atoms with E-state index in [-0.39, 0.29) is 37.0 Å². The van der Waals surface area contributed by atoms with Crippen LogP contribution in [0.3, 0.4) is 0 Å². The van der Waals surface area contributed by atoms with Crippen LogP contribution in [0.25, 0.3) is 0 Å². The Morgan fingerprint density at radius 3 is 0.903 bits per heavy atom. The van der Waals surface area contributed by atoms with Crippen molar-refractivity contribution < 1.29 is 28.6 Å². The van der Waals surface area contributed by atoms with Gasteiger partial charge in [-0.05, 0) is 19.3 Å². The molecule has 0 aromatic carbocycles. The lowest BCUT2D eigenvalue weighted by molar-refractivity contribution is -0.168. The number of hydrogen-bond acceptors (Lipinski definition) is 6. The van der Waals surface area contributed by atoms with Crippen LogP contribution < -0.4 is 0 Å². The quantitative estimate of drug-likeness (QED) is 0.0344. The van der Waals surface area contributed by atoms with Crippen molar-refractivity contribution in [2.75, 3.05) is 13.2 Å². The maximum Gasteiger partial charge on any atom is 0.308 e. The Balaban J connectivity index is 4.40. The summed E-state index contributed by atoms with van der Waals surface area (Å²) in [6, 6.07) is 0. The van der Waals surface area contributed by atoms with Gasteiger partial charge in [-0.1, -0.05) is 285 Å². The Kier molecular flexibility index (Phi) is 49.1. The number of rotatable bonds is 51. The van der Waals surface area contributed by atoms with E-state index in [1.165, 1.54) is 218 Å². The van der Waals surface area contributed by atoms with Gasteiger partial charge >= 0.3 is 17.9 Å². The molecule has 0 aliphatic rings. The fourth-order valence-corrected chi connectivity index (χ4v) is 8.63. The predicted molar refractivity (Wildman–Crippen MR) is 266 cm³/mol. The van der Waals surface area contributed by atoms with Crippen LogP contribution in [0.15, 0.2) is 0 Å². The number of unbranched alkanes of at least 4 members (excludes halogenated alkanes) is 39. The molecule has 0 saturated heterocycles. The second kappa shape index (κ2) is 50.4. The minimum Gasteiger partial charge on any atom is -0.462 e. The van der Waals surface area contributed by atoms with Gasteiger partial charge in [0, 0.05) is 12.8 Å². The molecule has 0 radical (unpaired) electrons. The number of carbonyl (C=O) groups is 3. The maximum absolute atomic E-state index is 12.9. The molecule has 0 spiro atoms. The first kappa shape index (κ1) is 60.4. The van der Waals surface area contributed by atoms with Gasteiger partial charge in [0.05, 0.1) is 5.92 Å². The zero-order chi connectivity index (χ0) is 45.2. The SMILES string of the molecule is CCCCCCCCCCCCCCCCCC(=O)OCC(COC(=O)C(C)CCCCCCCCCCCCCC)OC(=O)CCCCCCCCCCCCCCCCC. The largest absolute Gasteiger partial charge is 0.462 e. The van der Waals surface area contributed by atoms with Gasteiger partial charge in [0.1, 0.15) is 13.2 Å². The van der Waals surface area contributed by atoms with Crippen molar-refractivity contribution >= 4 is 17.9 Å². The van der Waals surface area contributed by atoms with Crippen molar-refractivity contribution in [2.24, 2.45) is 5.92 Å². The molecule has 0 N–H and O–H groups in total. The summed E-state index contributed by atoms with van der Waals surface area (Å²) in [7, 11) is 0. The van der Waals surface area contributed by atoms with Crippen LogP contribution in [0.2, 0.25) is 0 Å². The van der Waals surface area contributed by atoms with Crippen LogP contribution in [-0.2, 0) is 28.6 Å². The van der Waals surface area contributed by atoms with Crippen LogP contribution in [-0.4, -0.2) is 37.2 Å². The van der Waals surface area contributed by atoms with Gasteiger partial charge in [-0.2, -0.15) is 0 Å². The normalized spacial score (nSPS) is 12.4. The maximum atomic E-state index is 12.9. The average molecular weight is 877 g/mol. The molecule has 0 aliphatic heterocycles. The first-order valence-electron chi connectivity index (χ1n) is 28.0. The van der Waals surface area contributed by atoms with Crippen molar-refractivity contribution in [3.05, 3.63) is 0 Å². The summed E-state index contributed by atoms with van der Waals surface area (Å²) in [5, 5.41) is 0. The lowest BCUT2D eigenvalue weighted by atomic mass is 10.0. The lowest BCUT2D eigenvalue weighted by Gasteiger charge is -2.19. The minimum atomic E-state index is -0.772. The Morgan fingerprint density at radius 1 is 0.323 bits per heavy atom. The Morgan fingerprint density at radius 2 is 0.581 bits per heavy atom. The molecule has 0 saturated carbocycles. The third-order valence-electron chi connectivity index (χ3n) is 13.0. The van der Waals surface area contributed by atoms with Crippen LogP contribution in [0.1, 0.15) is 317 Å². The van der Waals surface area contributed by atoms with Gasteiger partial charge in [-0.3, -0.25) is 14.4 Å². The van der Waals surface area contributed by atoms with Crippen LogP contribution >= 0.6 is 0 Å². The van der Waals surface area contributed by atoms with E-state index in [2.05, 4.69) is 20.8 Å². The van der Waals surface area contributed by atoms with Gasteiger partial charge in [0.2, 0.25) is 0 Å². The molecule has 0 amide bonds. The first-order valence-corrected chi connectivity index (χ1v) is 28.0. The molecule has 0 heterocycles. The smallest absolute Gasteiger partial charge is 0.308 e.